The highest BCUT2D eigenvalue weighted by molar-refractivity contribution is 5.82. The second-order valence-electron chi connectivity index (χ2n) is 3.88. The number of pyridine rings is 1. The molecule has 2 nitrogen and oxygen atoms in total. The Morgan fingerprint density at radius 3 is 2.81 bits per heavy atom. The molecule has 0 fully saturated rings. The Morgan fingerprint density at radius 2 is 2.12 bits per heavy atom. The van der Waals surface area contributed by atoms with Gasteiger partial charge in [-0.25, -0.2) is 0 Å². The molecule has 1 N–H and O–H groups in total. The van der Waals surface area contributed by atoms with Crippen LogP contribution in [0.1, 0.15) is 17.3 Å². The number of benzene rings is 1. The summed E-state index contributed by atoms with van der Waals surface area (Å²) in [7, 11) is 1.92. The second-order valence-corrected chi connectivity index (χ2v) is 3.88. The average molecular weight is 212 g/mol. The normalized spacial score (nSPS) is 12.6. The summed E-state index contributed by atoms with van der Waals surface area (Å²) in [6.45, 7) is 5.93. The van der Waals surface area contributed by atoms with Gasteiger partial charge in [-0.2, -0.15) is 0 Å². The predicted octanol–water partition coefficient (Wildman–Crippen LogP) is 2.99. The lowest BCUT2D eigenvalue weighted by atomic mass is 10.1. The fourth-order valence-electron chi connectivity index (χ4n) is 1.92. The number of rotatable bonds is 3. The second kappa shape index (κ2) is 4.45. The van der Waals surface area contributed by atoms with Gasteiger partial charge >= 0.3 is 0 Å². The van der Waals surface area contributed by atoms with E-state index in [-0.39, 0.29) is 6.04 Å². The minimum absolute atomic E-state index is 0.114. The Bertz CT molecular complexity index is 517. The van der Waals surface area contributed by atoms with Crippen molar-refractivity contribution >= 4 is 10.9 Å². The van der Waals surface area contributed by atoms with Gasteiger partial charge in [-0.3, -0.25) is 4.98 Å². The van der Waals surface area contributed by atoms with Crippen molar-refractivity contribution in [3.05, 3.63) is 54.2 Å². The summed E-state index contributed by atoms with van der Waals surface area (Å²) in [6.07, 6.45) is 1.87. The Hall–Kier alpha value is -1.67. The molecule has 0 bridgehead atoms. The number of fused-ring (bicyclic) bond motifs is 1. The average Bonchev–Trinajstić information content (AvgIpc) is 2.31. The van der Waals surface area contributed by atoms with E-state index in [4.69, 9.17) is 0 Å². The number of para-hydroxylation sites is 1. The third-order valence-electron chi connectivity index (χ3n) is 2.81. The van der Waals surface area contributed by atoms with E-state index < -0.39 is 0 Å². The molecule has 1 aromatic heterocycles. The van der Waals surface area contributed by atoms with Gasteiger partial charge in [0.1, 0.15) is 0 Å². The van der Waals surface area contributed by atoms with Gasteiger partial charge in [0.05, 0.1) is 17.3 Å². The lowest BCUT2D eigenvalue weighted by Gasteiger charge is -2.13. The van der Waals surface area contributed by atoms with Crippen LogP contribution < -0.4 is 5.32 Å². The van der Waals surface area contributed by atoms with Crippen molar-refractivity contribution in [3.8, 4) is 0 Å². The predicted molar refractivity (Wildman–Crippen MR) is 68.5 cm³/mol. The molecule has 1 unspecified atom stereocenters. The number of aromatic nitrogens is 1. The van der Waals surface area contributed by atoms with Gasteiger partial charge in [0.25, 0.3) is 0 Å². The zero-order valence-corrected chi connectivity index (χ0v) is 9.70. The maximum Gasteiger partial charge on any atom is 0.0708 e. The van der Waals surface area contributed by atoms with E-state index in [1.807, 2.05) is 31.3 Å². The topological polar surface area (TPSA) is 24.9 Å². The lowest BCUT2D eigenvalue weighted by Crippen LogP contribution is -2.15. The first-order chi connectivity index (χ1) is 7.76. The third-order valence-corrected chi connectivity index (χ3v) is 2.81. The van der Waals surface area contributed by atoms with E-state index in [0.29, 0.717) is 0 Å². The maximum absolute atomic E-state index is 4.64. The van der Waals surface area contributed by atoms with Crippen molar-refractivity contribution in [3.63, 3.8) is 0 Å². The van der Waals surface area contributed by atoms with E-state index in [9.17, 15) is 0 Å². The minimum atomic E-state index is 0.114. The highest BCUT2D eigenvalue weighted by Crippen LogP contribution is 2.21. The van der Waals surface area contributed by atoms with Crippen LogP contribution in [0.25, 0.3) is 10.9 Å². The van der Waals surface area contributed by atoms with Gasteiger partial charge in [0.15, 0.2) is 0 Å². The number of nitrogens with zero attached hydrogens (tertiary/aromatic N) is 1. The summed E-state index contributed by atoms with van der Waals surface area (Å²) >= 11 is 0. The van der Waals surface area contributed by atoms with E-state index in [2.05, 4.69) is 35.9 Å². The van der Waals surface area contributed by atoms with Gasteiger partial charge in [-0.1, -0.05) is 24.3 Å². The molecule has 0 aliphatic carbocycles. The van der Waals surface area contributed by atoms with E-state index in [1.54, 1.807) is 0 Å². The highest BCUT2D eigenvalue weighted by atomic mass is 14.9. The number of nitrogens with one attached hydrogen (secondary N) is 1. The van der Waals surface area contributed by atoms with Gasteiger partial charge in [0, 0.05) is 5.39 Å². The summed E-state index contributed by atoms with van der Waals surface area (Å²) in [5, 5.41) is 4.39. The summed E-state index contributed by atoms with van der Waals surface area (Å²) < 4.78 is 0. The van der Waals surface area contributed by atoms with Crippen LogP contribution in [0.4, 0.5) is 0 Å². The fourth-order valence-corrected chi connectivity index (χ4v) is 1.92. The lowest BCUT2D eigenvalue weighted by molar-refractivity contribution is 0.696. The van der Waals surface area contributed by atoms with Crippen LogP contribution in [0.2, 0.25) is 0 Å². The number of hydrogen-bond acceptors (Lipinski definition) is 2. The Kier molecular flexibility index (Phi) is 3.02. The Labute approximate surface area is 96.0 Å². The quantitative estimate of drug-likeness (QED) is 0.791. The molecule has 2 heteroatoms. The van der Waals surface area contributed by atoms with E-state index >= 15 is 0 Å². The molecule has 2 aromatic rings. The number of aryl methyl sites for hydroxylation is 1. The molecule has 0 spiro atoms. The molecule has 82 valence electrons. The smallest absolute Gasteiger partial charge is 0.0708 e. The summed E-state index contributed by atoms with van der Waals surface area (Å²) in [6, 6.07) is 10.4. The molecule has 2 rings (SSSR count). The van der Waals surface area contributed by atoms with Crippen molar-refractivity contribution in [2.45, 2.75) is 13.0 Å². The van der Waals surface area contributed by atoms with Crippen molar-refractivity contribution in [1.82, 2.24) is 10.3 Å². The van der Waals surface area contributed by atoms with Crippen molar-refractivity contribution in [2.24, 2.45) is 0 Å². The zero-order chi connectivity index (χ0) is 11.5. The van der Waals surface area contributed by atoms with Crippen molar-refractivity contribution in [2.75, 3.05) is 7.05 Å². The Morgan fingerprint density at radius 1 is 1.38 bits per heavy atom. The zero-order valence-electron chi connectivity index (χ0n) is 9.70. The van der Waals surface area contributed by atoms with Gasteiger partial charge < -0.3 is 5.32 Å². The fraction of sp³-hybridized carbons (Fsp3) is 0.214. The molecular weight excluding hydrogens is 196 g/mol. The van der Waals surface area contributed by atoms with Crippen LogP contribution in [-0.4, -0.2) is 12.0 Å². The van der Waals surface area contributed by atoms with Crippen molar-refractivity contribution in [1.29, 1.82) is 0 Å². The van der Waals surface area contributed by atoms with E-state index in [0.717, 1.165) is 11.2 Å². The largest absolute Gasteiger partial charge is 0.309 e. The molecule has 0 amide bonds. The standard InChI is InChI=1S/C14H16N2/c1-4-12(15-3)14-9-10(2)11-7-5-6-8-13(11)16-14/h4-9,12,15H,1H2,2-3H3. The van der Waals surface area contributed by atoms with Crippen LogP contribution >= 0.6 is 0 Å². The molecule has 16 heavy (non-hydrogen) atoms. The van der Waals surface area contributed by atoms with Crippen molar-refractivity contribution < 1.29 is 0 Å². The van der Waals surface area contributed by atoms with Crippen LogP contribution in [-0.2, 0) is 0 Å². The van der Waals surface area contributed by atoms with Crippen LogP contribution in [0, 0.1) is 6.92 Å². The van der Waals surface area contributed by atoms with Gasteiger partial charge in [0.2, 0.25) is 0 Å². The summed E-state index contributed by atoms with van der Waals surface area (Å²) in [5.74, 6) is 0. The van der Waals surface area contributed by atoms with Crippen LogP contribution in [0.15, 0.2) is 43.0 Å². The number of hydrogen-bond donors (Lipinski definition) is 1. The molecule has 1 aromatic carbocycles. The molecule has 0 aliphatic heterocycles. The van der Waals surface area contributed by atoms with Gasteiger partial charge in [-0.05, 0) is 31.7 Å². The van der Waals surface area contributed by atoms with Crippen LogP contribution in [0.3, 0.4) is 0 Å². The van der Waals surface area contributed by atoms with E-state index in [1.165, 1.54) is 10.9 Å². The Balaban J connectivity index is 2.61. The molecular formula is C14H16N2. The molecule has 0 saturated carbocycles. The molecule has 0 radical (unpaired) electrons. The minimum Gasteiger partial charge on any atom is -0.309 e. The SMILES string of the molecule is C=CC(NC)c1cc(C)c2ccccc2n1. The highest BCUT2D eigenvalue weighted by Gasteiger charge is 2.08. The maximum atomic E-state index is 4.64. The molecule has 1 heterocycles. The first-order valence-electron chi connectivity index (χ1n) is 5.42. The summed E-state index contributed by atoms with van der Waals surface area (Å²) in [5.41, 5.74) is 3.32. The van der Waals surface area contributed by atoms with Crippen LogP contribution in [0.5, 0.6) is 0 Å². The summed E-state index contributed by atoms with van der Waals surface area (Å²) in [4.78, 5) is 4.64. The monoisotopic (exact) mass is 212 g/mol. The van der Waals surface area contributed by atoms with Gasteiger partial charge in [-0.15, -0.1) is 6.58 Å². The third kappa shape index (κ3) is 1.84. The molecule has 0 saturated heterocycles. The number of likely N-dealkylation sites (N-methyl/N-ethyl adjacent to an activating group) is 1. The molecule has 1 atom stereocenters. The first kappa shape index (κ1) is 10.8. The first-order valence-corrected chi connectivity index (χ1v) is 5.42. The molecule has 0 aliphatic rings.